The number of hydrogen-bond donors (Lipinski definition) is 1. The van der Waals surface area contributed by atoms with E-state index in [9.17, 15) is 8.78 Å². The van der Waals surface area contributed by atoms with Crippen LogP contribution < -0.4 is 5.32 Å². The van der Waals surface area contributed by atoms with Gasteiger partial charge in [-0.1, -0.05) is 0 Å². The van der Waals surface area contributed by atoms with Gasteiger partial charge in [-0.25, -0.2) is 8.78 Å². The lowest BCUT2D eigenvalue weighted by Gasteiger charge is -2.40. The van der Waals surface area contributed by atoms with Gasteiger partial charge in [0, 0.05) is 25.4 Å². The van der Waals surface area contributed by atoms with Crippen molar-refractivity contribution in [1.29, 1.82) is 0 Å². The highest BCUT2D eigenvalue weighted by Gasteiger charge is 2.45. The molecular weight excluding hydrogens is 198 g/mol. The van der Waals surface area contributed by atoms with E-state index in [1.807, 2.05) is 0 Å². The van der Waals surface area contributed by atoms with Crippen molar-refractivity contribution in [3.8, 4) is 0 Å². The first-order valence-electron chi connectivity index (χ1n) is 5.87. The Morgan fingerprint density at radius 2 is 1.93 bits per heavy atom. The number of halogens is 2. The predicted molar refractivity (Wildman–Crippen MR) is 56.1 cm³/mol. The van der Waals surface area contributed by atoms with Crippen molar-refractivity contribution in [3.05, 3.63) is 0 Å². The molecule has 2 aliphatic heterocycles. The zero-order valence-corrected chi connectivity index (χ0v) is 9.31. The molecule has 2 nitrogen and oxygen atoms in total. The Balaban J connectivity index is 1.96. The fourth-order valence-electron chi connectivity index (χ4n) is 2.79. The van der Waals surface area contributed by atoms with Crippen molar-refractivity contribution < 1.29 is 8.78 Å². The Bertz CT molecular complexity index is 213. The second-order valence-corrected chi connectivity index (χ2v) is 4.96. The third-order valence-corrected chi connectivity index (χ3v) is 3.87. The van der Waals surface area contributed by atoms with E-state index in [1.54, 1.807) is 0 Å². The van der Waals surface area contributed by atoms with Crippen LogP contribution in [0.2, 0.25) is 0 Å². The quantitative estimate of drug-likeness (QED) is 0.718. The molecule has 2 rings (SSSR count). The lowest BCUT2D eigenvalue weighted by molar-refractivity contribution is -0.106. The summed E-state index contributed by atoms with van der Waals surface area (Å²) >= 11 is 0. The maximum absolute atomic E-state index is 13.7. The van der Waals surface area contributed by atoms with Crippen molar-refractivity contribution in [2.75, 3.05) is 33.2 Å². The molecule has 0 saturated carbocycles. The minimum Gasteiger partial charge on any atom is -0.316 e. The second-order valence-electron chi connectivity index (χ2n) is 4.96. The molecule has 88 valence electrons. The highest BCUT2D eigenvalue weighted by Crippen LogP contribution is 2.39. The molecule has 4 heteroatoms. The molecule has 0 bridgehead atoms. The van der Waals surface area contributed by atoms with Gasteiger partial charge in [0.1, 0.15) is 0 Å². The van der Waals surface area contributed by atoms with Crippen molar-refractivity contribution in [2.45, 2.75) is 25.2 Å². The molecular formula is C11H20F2N2. The summed E-state index contributed by atoms with van der Waals surface area (Å²) in [5.41, 5.74) is 0. The summed E-state index contributed by atoms with van der Waals surface area (Å²) in [5.74, 6) is -2.66. The Kier molecular flexibility index (Phi) is 3.26. The molecule has 0 aromatic heterocycles. The third kappa shape index (κ3) is 2.48. The number of rotatable bonds is 1. The largest absolute Gasteiger partial charge is 0.316 e. The van der Waals surface area contributed by atoms with Gasteiger partial charge in [0.15, 0.2) is 0 Å². The molecule has 0 aromatic carbocycles. The zero-order chi connectivity index (χ0) is 10.9. The van der Waals surface area contributed by atoms with Crippen molar-refractivity contribution in [2.24, 2.45) is 11.8 Å². The minimum absolute atomic E-state index is 0.0179. The van der Waals surface area contributed by atoms with E-state index in [1.165, 1.54) is 0 Å². The van der Waals surface area contributed by atoms with Gasteiger partial charge in [-0.3, -0.25) is 0 Å². The topological polar surface area (TPSA) is 15.3 Å². The fraction of sp³-hybridized carbons (Fsp3) is 1.00. The molecule has 2 heterocycles. The zero-order valence-electron chi connectivity index (χ0n) is 9.31. The van der Waals surface area contributed by atoms with Gasteiger partial charge in [-0.15, -0.1) is 0 Å². The van der Waals surface area contributed by atoms with Crippen molar-refractivity contribution in [3.63, 3.8) is 0 Å². The molecule has 2 saturated heterocycles. The van der Waals surface area contributed by atoms with E-state index < -0.39 is 11.8 Å². The summed E-state index contributed by atoms with van der Waals surface area (Å²) in [4.78, 5) is 2.23. The number of likely N-dealkylation sites (tertiary alicyclic amines) is 1. The monoisotopic (exact) mass is 218 g/mol. The van der Waals surface area contributed by atoms with E-state index in [2.05, 4.69) is 17.3 Å². The Hall–Kier alpha value is -0.220. The summed E-state index contributed by atoms with van der Waals surface area (Å²) in [6, 6.07) is 0. The van der Waals surface area contributed by atoms with E-state index in [4.69, 9.17) is 0 Å². The van der Waals surface area contributed by atoms with Gasteiger partial charge in [-0.05, 0) is 38.9 Å². The summed E-state index contributed by atoms with van der Waals surface area (Å²) in [5, 5.41) is 3.11. The highest BCUT2D eigenvalue weighted by atomic mass is 19.3. The van der Waals surface area contributed by atoms with E-state index >= 15 is 0 Å². The molecule has 1 atom stereocenters. The van der Waals surface area contributed by atoms with Crippen LogP contribution in [-0.4, -0.2) is 44.0 Å². The SMILES string of the molecule is CN1CCC(C2CNCCC2(F)F)CC1. The first-order chi connectivity index (χ1) is 7.09. The standard InChI is InChI=1S/C11H20F2N2/c1-15-6-2-9(3-7-15)10-8-14-5-4-11(10,12)13/h9-10,14H,2-8H2,1H3. The molecule has 0 aromatic rings. The summed E-state index contributed by atoms with van der Waals surface area (Å²) in [7, 11) is 2.06. The van der Waals surface area contributed by atoms with Gasteiger partial charge in [0.05, 0.1) is 0 Å². The molecule has 2 aliphatic rings. The lowest BCUT2D eigenvalue weighted by Crippen LogP contribution is -2.50. The van der Waals surface area contributed by atoms with E-state index in [0.29, 0.717) is 13.1 Å². The van der Waals surface area contributed by atoms with E-state index in [0.717, 1.165) is 25.9 Å². The van der Waals surface area contributed by atoms with Gasteiger partial charge in [-0.2, -0.15) is 0 Å². The number of piperidine rings is 2. The van der Waals surface area contributed by atoms with E-state index in [-0.39, 0.29) is 12.3 Å². The van der Waals surface area contributed by atoms with Crippen LogP contribution in [0.1, 0.15) is 19.3 Å². The normalized spacial score (nSPS) is 34.2. The Morgan fingerprint density at radius 3 is 2.53 bits per heavy atom. The Morgan fingerprint density at radius 1 is 1.27 bits per heavy atom. The van der Waals surface area contributed by atoms with Crippen LogP contribution in [0.3, 0.4) is 0 Å². The summed E-state index contributed by atoms with van der Waals surface area (Å²) < 4.78 is 27.4. The second kappa shape index (κ2) is 4.34. The number of nitrogens with zero attached hydrogens (tertiary/aromatic N) is 1. The number of hydrogen-bond acceptors (Lipinski definition) is 2. The van der Waals surface area contributed by atoms with Crippen LogP contribution in [0.5, 0.6) is 0 Å². The van der Waals surface area contributed by atoms with Crippen molar-refractivity contribution >= 4 is 0 Å². The molecule has 0 amide bonds. The van der Waals surface area contributed by atoms with Gasteiger partial charge in [0.2, 0.25) is 0 Å². The Labute approximate surface area is 90.0 Å². The van der Waals surface area contributed by atoms with Crippen LogP contribution in [0.4, 0.5) is 8.78 Å². The van der Waals surface area contributed by atoms with Crippen LogP contribution in [0.15, 0.2) is 0 Å². The van der Waals surface area contributed by atoms with Gasteiger partial charge < -0.3 is 10.2 Å². The molecule has 0 aliphatic carbocycles. The predicted octanol–water partition coefficient (Wildman–Crippen LogP) is 1.57. The highest BCUT2D eigenvalue weighted by molar-refractivity contribution is 4.90. The molecule has 15 heavy (non-hydrogen) atoms. The maximum Gasteiger partial charge on any atom is 0.253 e. The fourth-order valence-corrected chi connectivity index (χ4v) is 2.79. The van der Waals surface area contributed by atoms with Crippen LogP contribution in [0, 0.1) is 11.8 Å². The average molecular weight is 218 g/mol. The van der Waals surface area contributed by atoms with Crippen LogP contribution >= 0.6 is 0 Å². The molecule has 0 spiro atoms. The molecule has 0 radical (unpaired) electrons. The minimum atomic E-state index is -2.44. The molecule has 1 unspecified atom stereocenters. The average Bonchev–Trinajstić information content (AvgIpc) is 2.19. The van der Waals surface area contributed by atoms with Crippen molar-refractivity contribution in [1.82, 2.24) is 10.2 Å². The number of alkyl halides is 2. The van der Waals surface area contributed by atoms with Crippen LogP contribution in [0.25, 0.3) is 0 Å². The summed E-state index contributed by atoms with van der Waals surface area (Å²) in [6.45, 7) is 2.91. The van der Waals surface area contributed by atoms with Gasteiger partial charge >= 0.3 is 0 Å². The molecule has 1 N–H and O–H groups in total. The van der Waals surface area contributed by atoms with Crippen LogP contribution in [-0.2, 0) is 0 Å². The third-order valence-electron chi connectivity index (χ3n) is 3.87. The first-order valence-corrected chi connectivity index (χ1v) is 5.87. The number of nitrogens with one attached hydrogen (secondary N) is 1. The lowest BCUT2D eigenvalue weighted by atomic mass is 9.78. The first kappa shape index (κ1) is 11.3. The molecule has 2 fully saturated rings. The summed E-state index contributed by atoms with van der Waals surface area (Å²) in [6.07, 6.45) is 1.88. The van der Waals surface area contributed by atoms with Gasteiger partial charge in [0.25, 0.3) is 5.92 Å². The maximum atomic E-state index is 13.7. The smallest absolute Gasteiger partial charge is 0.253 e.